The molecule has 1 aromatic rings. The first-order valence-electron chi connectivity index (χ1n) is 11.7. The van der Waals surface area contributed by atoms with Crippen LogP contribution in [0.5, 0.6) is 0 Å². The Morgan fingerprint density at radius 3 is 2.16 bits per heavy atom. The second-order valence-corrected chi connectivity index (χ2v) is 10.4. The zero-order valence-corrected chi connectivity index (χ0v) is 20.9. The number of likely N-dealkylation sites (tertiary alicyclic amines) is 1. The van der Waals surface area contributed by atoms with Gasteiger partial charge in [-0.15, -0.1) is 0 Å². The normalized spacial score (nSPS) is 16.7. The summed E-state index contributed by atoms with van der Waals surface area (Å²) in [7, 11) is 0. The van der Waals surface area contributed by atoms with Crippen molar-refractivity contribution in [2.24, 2.45) is 0 Å². The first kappa shape index (κ1) is 26.5. The van der Waals surface area contributed by atoms with Crippen LogP contribution in [0.1, 0.15) is 84.6 Å². The smallest absolute Gasteiger partial charge is 0.407 e. The summed E-state index contributed by atoms with van der Waals surface area (Å²) in [6.45, 7) is 10.6. The number of halogens is 1. The quantitative estimate of drug-likeness (QED) is 0.528. The lowest BCUT2D eigenvalue weighted by Crippen LogP contribution is -2.56. The maximum Gasteiger partial charge on any atom is 0.407 e. The van der Waals surface area contributed by atoms with Gasteiger partial charge in [0.25, 0.3) is 0 Å². The molecule has 180 valence electrons. The third kappa shape index (κ3) is 6.16. The van der Waals surface area contributed by atoms with Crippen LogP contribution in [0.4, 0.5) is 4.79 Å². The van der Waals surface area contributed by atoms with Crippen LogP contribution in [-0.4, -0.2) is 62.3 Å². The summed E-state index contributed by atoms with van der Waals surface area (Å²) in [5, 5.41) is 21.9. The molecule has 1 fully saturated rings. The molecule has 1 atom stereocenters. The topological polar surface area (TPSA) is 81.1 Å². The molecule has 2 N–H and O–H groups in total. The molecule has 1 aliphatic rings. The number of nitrogens with zero attached hydrogens (tertiary/aromatic N) is 2. The first-order chi connectivity index (χ1) is 14.9. The minimum atomic E-state index is -1.15. The maximum absolute atomic E-state index is 13.8. The summed E-state index contributed by atoms with van der Waals surface area (Å²) in [5.74, 6) is -0.802. The summed E-state index contributed by atoms with van der Waals surface area (Å²) in [4.78, 5) is 29.0. The average Bonchev–Trinajstić information content (AvgIpc) is 2.67. The van der Waals surface area contributed by atoms with E-state index in [0.29, 0.717) is 43.8 Å². The van der Waals surface area contributed by atoms with Gasteiger partial charge in [-0.25, -0.2) is 4.79 Å². The van der Waals surface area contributed by atoms with Crippen LogP contribution in [0.3, 0.4) is 0 Å². The Morgan fingerprint density at radius 2 is 1.72 bits per heavy atom. The number of hydrogen-bond acceptors (Lipinski definition) is 3. The van der Waals surface area contributed by atoms with E-state index in [9.17, 15) is 19.8 Å². The van der Waals surface area contributed by atoms with Gasteiger partial charge in [-0.2, -0.15) is 0 Å². The van der Waals surface area contributed by atoms with Gasteiger partial charge < -0.3 is 20.0 Å². The zero-order chi connectivity index (χ0) is 24.1. The molecule has 2 rings (SSSR count). The Kier molecular flexibility index (Phi) is 9.00. The van der Waals surface area contributed by atoms with E-state index in [4.69, 9.17) is 11.6 Å². The van der Waals surface area contributed by atoms with E-state index >= 15 is 0 Å². The van der Waals surface area contributed by atoms with E-state index in [2.05, 4.69) is 0 Å². The number of hydrogen-bond donors (Lipinski definition) is 2. The molecule has 0 spiro atoms. The molecule has 0 aromatic heterocycles. The van der Waals surface area contributed by atoms with E-state index in [1.807, 2.05) is 46.8 Å². The van der Waals surface area contributed by atoms with Crippen molar-refractivity contribution in [1.29, 1.82) is 0 Å². The molecule has 1 aromatic carbocycles. The number of aliphatic hydroxyl groups is 1. The molecule has 6 nitrogen and oxygen atoms in total. The maximum atomic E-state index is 13.8. The lowest BCUT2D eigenvalue weighted by Gasteiger charge is -2.45. The minimum Gasteiger partial charge on any atom is -0.465 e. The van der Waals surface area contributed by atoms with Crippen LogP contribution >= 0.6 is 11.6 Å². The van der Waals surface area contributed by atoms with Gasteiger partial charge in [0.05, 0.1) is 11.5 Å². The van der Waals surface area contributed by atoms with Crippen LogP contribution in [0.2, 0.25) is 5.02 Å². The summed E-state index contributed by atoms with van der Waals surface area (Å²) in [6.07, 6.45) is 2.81. The summed E-state index contributed by atoms with van der Waals surface area (Å²) >= 11 is 6.24. The fourth-order valence-corrected chi connectivity index (χ4v) is 5.36. The van der Waals surface area contributed by atoms with Crippen LogP contribution in [0.25, 0.3) is 0 Å². The van der Waals surface area contributed by atoms with E-state index in [-0.39, 0.29) is 11.9 Å². The molecule has 1 heterocycles. The highest BCUT2D eigenvalue weighted by Crippen LogP contribution is 2.39. The van der Waals surface area contributed by atoms with E-state index < -0.39 is 23.2 Å². The third-order valence-electron chi connectivity index (χ3n) is 6.40. The standard InChI is InChI=1S/C25H39ClN2O4/c1-6-13-25(32,14-7-2)21(18-9-8-10-19(26)17-18)22(29)27-15-11-20(12-16-27)28(23(30)31)24(3,4)5/h8-10,17,20-21,32H,6-7,11-16H2,1-5H3,(H,30,31). The molecule has 1 aliphatic heterocycles. The fourth-order valence-electron chi connectivity index (χ4n) is 5.17. The molecule has 7 heteroatoms. The average molecular weight is 467 g/mol. The number of carbonyl (C=O) groups is 2. The summed E-state index contributed by atoms with van der Waals surface area (Å²) < 4.78 is 0. The molecule has 0 aliphatic carbocycles. The second-order valence-electron chi connectivity index (χ2n) is 9.97. The molecule has 0 radical (unpaired) electrons. The van der Waals surface area contributed by atoms with Gasteiger partial charge >= 0.3 is 6.09 Å². The highest BCUT2D eigenvalue weighted by atomic mass is 35.5. The monoisotopic (exact) mass is 466 g/mol. The van der Waals surface area contributed by atoms with Crippen LogP contribution in [0.15, 0.2) is 24.3 Å². The van der Waals surface area contributed by atoms with Gasteiger partial charge in [0.1, 0.15) is 0 Å². The third-order valence-corrected chi connectivity index (χ3v) is 6.64. The van der Waals surface area contributed by atoms with Gasteiger partial charge in [0, 0.05) is 29.7 Å². The SMILES string of the molecule is CCCC(O)(CCC)C(C(=O)N1CCC(N(C(=O)O)C(C)(C)C)CC1)c1cccc(Cl)c1. The molecule has 2 amide bonds. The van der Waals surface area contributed by atoms with Crippen molar-refractivity contribution in [3.8, 4) is 0 Å². The number of carboxylic acid groups (broad SMARTS) is 1. The van der Waals surface area contributed by atoms with Crippen molar-refractivity contribution in [2.45, 2.75) is 96.2 Å². The van der Waals surface area contributed by atoms with Crippen LogP contribution < -0.4 is 0 Å². The summed E-state index contributed by atoms with van der Waals surface area (Å²) in [5.41, 5.74) is -0.925. The highest BCUT2D eigenvalue weighted by molar-refractivity contribution is 6.30. The number of benzene rings is 1. The first-order valence-corrected chi connectivity index (χ1v) is 12.1. The predicted molar refractivity (Wildman–Crippen MR) is 128 cm³/mol. The van der Waals surface area contributed by atoms with Gasteiger partial charge in [-0.05, 0) is 64.2 Å². The minimum absolute atomic E-state index is 0.104. The Bertz CT molecular complexity index is 778. The van der Waals surface area contributed by atoms with Gasteiger partial charge in [-0.1, -0.05) is 50.4 Å². The largest absolute Gasteiger partial charge is 0.465 e. The van der Waals surface area contributed by atoms with Crippen molar-refractivity contribution < 1.29 is 19.8 Å². The predicted octanol–water partition coefficient (Wildman–Crippen LogP) is 5.52. The lowest BCUT2D eigenvalue weighted by molar-refractivity contribution is -0.142. The van der Waals surface area contributed by atoms with Crippen molar-refractivity contribution in [3.63, 3.8) is 0 Å². The molecular weight excluding hydrogens is 428 g/mol. The Morgan fingerprint density at radius 1 is 1.16 bits per heavy atom. The lowest BCUT2D eigenvalue weighted by atomic mass is 9.75. The second kappa shape index (κ2) is 10.9. The number of piperidine rings is 1. The van der Waals surface area contributed by atoms with Crippen molar-refractivity contribution in [2.75, 3.05) is 13.1 Å². The molecule has 32 heavy (non-hydrogen) atoms. The van der Waals surface area contributed by atoms with Crippen LogP contribution in [0, 0.1) is 0 Å². The Hall–Kier alpha value is -1.79. The zero-order valence-electron chi connectivity index (χ0n) is 20.1. The van der Waals surface area contributed by atoms with E-state index in [0.717, 1.165) is 18.4 Å². The number of rotatable bonds is 8. The highest BCUT2D eigenvalue weighted by Gasteiger charge is 2.44. The Labute approximate surface area is 197 Å². The van der Waals surface area contributed by atoms with Crippen LogP contribution in [-0.2, 0) is 4.79 Å². The molecular formula is C25H39ClN2O4. The summed E-state index contributed by atoms with van der Waals surface area (Å²) in [6, 6.07) is 7.09. The van der Waals surface area contributed by atoms with Gasteiger partial charge in [0.2, 0.25) is 5.91 Å². The van der Waals surface area contributed by atoms with E-state index in [1.165, 1.54) is 4.90 Å². The van der Waals surface area contributed by atoms with Crippen molar-refractivity contribution >= 4 is 23.6 Å². The van der Waals surface area contributed by atoms with E-state index in [1.54, 1.807) is 17.0 Å². The Balaban J connectivity index is 2.30. The van der Waals surface area contributed by atoms with Crippen molar-refractivity contribution in [1.82, 2.24) is 9.80 Å². The number of carbonyl (C=O) groups excluding carboxylic acids is 1. The van der Waals surface area contributed by atoms with Gasteiger partial charge in [-0.3, -0.25) is 4.79 Å². The molecule has 1 saturated heterocycles. The van der Waals surface area contributed by atoms with Crippen molar-refractivity contribution in [3.05, 3.63) is 34.9 Å². The molecule has 0 saturated carbocycles. The number of amides is 2. The van der Waals surface area contributed by atoms with Gasteiger partial charge in [0.15, 0.2) is 0 Å². The molecule has 0 bridgehead atoms. The molecule has 1 unspecified atom stereocenters. The fraction of sp³-hybridized carbons (Fsp3) is 0.680.